The van der Waals surface area contributed by atoms with E-state index >= 15 is 0 Å². The van der Waals surface area contributed by atoms with Crippen molar-refractivity contribution in [3.05, 3.63) is 22.7 Å². The van der Waals surface area contributed by atoms with Crippen LogP contribution in [0.2, 0.25) is 5.02 Å². The lowest BCUT2D eigenvalue weighted by molar-refractivity contribution is 0.415. The topological polar surface area (TPSA) is 47.3 Å². The number of hydrogen-bond acceptors (Lipinski definition) is 3. The predicted molar refractivity (Wildman–Crippen MR) is 69.5 cm³/mol. The minimum Gasteiger partial charge on any atom is -0.495 e. The van der Waals surface area contributed by atoms with E-state index in [1.54, 1.807) is 7.11 Å². The van der Waals surface area contributed by atoms with Gasteiger partial charge in [0.15, 0.2) is 0 Å². The maximum absolute atomic E-state index is 6.07. The van der Waals surface area contributed by atoms with E-state index in [9.17, 15) is 0 Å². The summed E-state index contributed by atoms with van der Waals surface area (Å²) in [7, 11) is 1.64. The lowest BCUT2D eigenvalue weighted by Crippen LogP contribution is -2.39. The molecule has 0 heterocycles. The summed E-state index contributed by atoms with van der Waals surface area (Å²) in [5.41, 5.74) is 7.50. The largest absolute Gasteiger partial charge is 0.495 e. The van der Waals surface area contributed by atoms with Gasteiger partial charge in [-0.1, -0.05) is 11.6 Å². The van der Waals surface area contributed by atoms with Gasteiger partial charge in [0.2, 0.25) is 0 Å². The molecule has 0 saturated carbocycles. The maximum atomic E-state index is 6.07. The molecule has 1 aromatic rings. The molecule has 3 nitrogen and oxygen atoms in total. The van der Waals surface area contributed by atoms with Crippen LogP contribution >= 0.6 is 11.6 Å². The van der Waals surface area contributed by atoms with Crippen LogP contribution in [0.15, 0.2) is 12.1 Å². The van der Waals surface area contributed by atoms with Crippen LogP contribution in [0, 0.1) is 6.92 Å². The molecule has 0 unspecified atom stereocenters. The van der Waals surface area contributed by atoms with Gasteiger partial charge in [-0.25, -0.2) is 0 Å². The van der Waals surface area contributed by atoms with E-state index in [0.717, 1.165) is 22.0 Å². The Morgan fingerprint density at radius 1 is 1.44 bits per heavy atom. The highest BCUT2D eigenvalue weighted by molar-refractivity contribution is 6.31. The molecule has 0 aliphatic carbocycles. The van der Waals surface area contributed by atoms with Gasteiger partial charge in [-0.3, -0.25) is 0 Å². The Morgan fingerprint density at radius 2 is 2.06 bits per heavy atom. The van der Waals surface area contributed by atoms with Crippen molar-refractivity contribution in [1.29, 1.82) is 0 Å². The first-order valence-corrected chi connectivity index (χ1v) is 5.58. The average Bonchev–Trinajstić information content (AvgIpc) is 2.18. The first-order chi connectivity index (χ1) is 7.33. The van der Waals surface area contributed by atoms with Gasteiger partial charge in [-0.2, -0.15) is 0 Å². The first-order valence-electron chi connectivity index (χ1n) is 5.20. The Balaban J connectivity index is 2.90. The third-order valence-corrected chi connectivity index (χ3v) is 2.62. The molecule has 3 N–H and O–H groups in total. The fourth-order valence-electron chi connectivity index (χ4n) is 1.29. The molecular formula is C12H19ClN2O. The Bertz CT molecular complexity index is 372. The van der Waals surface area contributed by atoms with Crippen molar-refractivity contribution in [3.63, 3.8) is 0 Å². The Kier molecular flexibility index (Phi) is 4.05. The van der Waals surface area contributed by atoms with Gasteiger partial charge in [0.25, 0.3) is 0 Å². The Morgan fingerprint density at radius 3 is 2.56 bits per heavy atom. The van der Waals surface area contributed by atoms with Crippen LogP contribution < -0.4 is 15.8 Å². The third kappa shape index (κ3) is 3.58. The molecule has 0 fully saturated rings. The van der Waals surface area contributed by atoms with E-state index in [2.05, 4.69) is 5.32 Å². The molecule has 0 spiro atoms. The van der Waals surface area contributed by atoms with Gasteiger partial charge < -0.3 is 15.8 Å². The van der Waals surface area contributed by atoms with Gasteiger partial charge in [0.1, 0.15) is 5.75 Å². The molecular weight excluding hydrogens is 224 g/mol. The smallest absolute Gasteiger partial charge is 0.142 e. The summed E-state index contributed by atoms with van der Waals surface area (Å²) in [4.78, 5) is 0. The van der Waals surface area contributed by atoms with Crippen molar-refractivity contribution in [2.45, 2.75) is 26.3 Å². The van der Waals surface area contributed by atoms with Crippen LogP contribution in [-0.4, -0.2) is 19.2 Å². The Hall–Kier alpha value is -0.930. The van der Waals surface area contributed by atoms with Gasteiger partial charge in [-0.15, -0.1) is 0 Å². The molecule has 0 atom stereocenters. The van der Waals surface area contributed by atoms with Crippen LogP contribution in [0.5, 0.6) is 5.75 Å². The second-order valence-electron chi connectivity index (χ2n) is 4.64. The molecule has 0 amide bonds. The molecule has 0 saturated heterocycles. The molecule has 1 aromatic carbocycles. The van der Waals surface area contributed by atoms with Crippen molar-refractivity contribution in [2.24, 2.45) is 5.73 Å². The zero-order valence-electron chi connectivity index (χ0n) is 10.2. The van der Waals surface area contributed by atoms with Crippen LogP contribution in [-0.2, 0) is 0 Å². The van der Waals surface area contributed by atoms with E-state index < -0.39 is 0 Å². The highest BCUT2D eigenvalue weighted by Gasteiger charge is 2.12. The fourth-order valence-corrected chi connectivity index (χ4v) is 1.45. The summed E-state index contributed by atoms with van der Waals surface area (Å²) in [6.07, 6.45) is 0. The van der Waals surface area contributed by atoms with Gasteiger partial charge in [0.05, 0.1) is 12.8 Å². The molecule has 0 aliphatic rings. The number of rotatable bonds is 4. The minimum absolute atomic E-state index is 0.275. The normalized spacial score (nSPS) is 11.4. The molecule has 1 rings (SSSR count). The number of benzene rings is 1. The number of nitrogens with one attached hydrogen (secondary N) is 1. The summed E-state index contributed by atoms with van der Waals surface area (Å²) >= 11 is 6.07. The van der Waals surface area contributed by atoms with Crippen molar-refractivity contribution >= 4 is 17.3 Å². The second kappa shape index (κ2) is 4.93. The van der Waals surface area contributed by atoms with Crippen LogP contribution in [0.4, 0.5) is 5.69 Å². The lowest BCUT2D eigenvalue weighted by Gasteiger charge is -2.21. The van der Waals surface area contributed by atoms with Gasteiger partial charge in [0, 0.05) is 17.1 Å². The maximum Gasteiger partial charge on any atom is 0.142 e. The van der Waals surface area contributed by atoms with E-state index in [4.69, 9.17) is 22.1 Å². The van der Waals surface area contributed by atoms with Crippen LogP contribution in [0.25, 0.3) is 0 Å². The summed E-state index contributed by atoms with van der Waals surface area (Å²) < 4.78 is 5.28. The number of hydrogen-bond donors (Lipinski definition) is 2. The van der Waals surface area contributed by atoms with Crippen LogP contribution in [0.1, 0.15) is 19.4 Å². The summed E-state index contributed by atoms with van der Waals surface area (Å²) in [5.74, 6) is 0.783. The minimum atomic E-state index is -0.275. The number of halogens is 1. The standard InChI is InChI=1S/C12H19ClN2O/c1-8-5-11(16-4)10(6-9(8)13)15-7-12(2,3)14/h5-6,15H,7,14H2,1-4H3. The first kappa shape index (κ1) is 13.1. The number of anilines is 1. The monoisotopic (exact) mass is 242 g/mol. The number of methoxy groups -OCH3 is 1. The third-order valence-electron chi connectivity index (χ3n) is 2.22. The van der Waals surface area contributed by atoms with Crippen molar-refractivity contribution in [1.82, 2.24) is 0 Å². The summed E-state index contributed by atoms with van der Waals surface area (Å²) in [6, 6.07) is 3.77. The van der Waals surface area contributed by atoms with Gasteiger partial charge >= 0.3 is 0 Å². The summed E-state index contributed by atoms with van der Waals surface area (Å²) in [6.45, 7) is 6.52. The number of aryl methyl sites for hydroxylation is 1. The highest BCUT2D eigenvalue weighted by atomic mass is 35.5. The molecule has 0 bridgehead atoms. The number of ether oxygens (including phenoxy) is 1. The number of nitrogens with two attached hydrogens (primary N) is 1. The van der Waals surface area contributed by atoms with E-state index in [0.29, 0.717) is 6.54 Å². The second-order valence-corrected chi connectivity index (χ2v) is 5.05. The molecule has 0 radical (unpaired) electrons. The van der Waals surface area contributed by atoms with Crippen molar-refractivity contribution in [2.75, 3.05) is 19.0 Å². The van der Waals surface area contributed by atoms with Crippen molar-refractivity contribution in [3.8, 4) is 5.75 Å². The molecule has 90 valence electrons. The Labute approximate surface area is 102 Å². The van der Waals surface area contributed by atoms with E-state index in [1.807, 2.05) is 32.9 Å². The van der Waals surface area contributed by atoms with Gasteiger partial charge in [-0.05, 0) is 38.5 Å². The fraction of sp³-hybridized carbons (Fsp3) is 0.500. The predicted octanol–water partition coefficient (Wildman–Crippen LogP) is 2.81. The molecule has 0 aromatic heterocycles. The molecule has 4 heteroatoms. The lowest BCUT2D eigenvalue weighted by atomic mass is 10.1. The van der Waals surface area contributed by atoms with E-state index in [1.165, 1.54) is 0 Å². The SMILES string of the molecule is COc1cc(C)c(Cl)cc1NCC(C)(C)N. The highest BCUT2D eigenvalue weighted by Crippen LogP contribution is 2.30. The molecule has 0 aliphatic heterocycles. The zero-order chi connectivity index (χ0) is 12.3. The van der Waals surface area contributed by atoms with Crippen molar-refractivity contribution < 1.29 is 4.74 Å². The zero-order valence-corrected chi connectivity index (χ0v) is 11.0. The average molecular weight is 243 g/mol. The molecule has 16 heavy (non-hydrogen) atoms. The summed E-state index contributed by atoms with van der Waals surface area (Å²) in [5, 5.41) is 3.96. The van der Waals surface area contributed by atoms with Crippen LogP contribution in [0.3, 0.4) is 0 Å². The quantitative estimate of drug-likeness (QED) is 0.854. The van der Waals surface area contributed by atoms with E-state index in [-0.39, 0.29) is 5.54 Å².